The molecule has 1 rings (SSSR count). The van der Waals surface area contributed by atoms with Gasteiger partial charge in [-0.3, -0.25) is 4.79 Å². The van der Waals surface area contributed by atoms with Crippen molar-refractivity contribution in [3.05, 3.63) is 21.3 Å². The van der Waals surface area contributed by atoms with Crippen molar-refractivity contribution in [2.45, 2.75) is 6.43 Å². The predicted octanol–water partition coefficient (Wildman–Crippen LogP) is 2.87. The number of ketones is 1. The van der Waals surface area contributed by atoms with Gasteiger partial charge in [-0.05, 0) is 12.1 Å². The lowest BCUT2D eigenvalue weighted by atomic mass is 10.3. The average molecular weight is 241 g/mol. The molecule has 0 saturated carbocycles. The number of rotatable bonds is 5. The standard InChI is InChI=1S/C8H7ClF2O2S/c9-7-2-1-6(14-7)5(12)3-13-4-8(10)11/h1-2,8H,3-4H2. The van der Waals surface area contributed by atoms with Crippen molar-refractivity contribution in [1.29, 1.82) is 0 Å². The van der Waals surface area contributed by atoms with Gasteiger partial charge in [-0.2, -0.15) is 0 Å². The zero-order valence-electron chi connectivity index (χ0n) is 7.00. The molecule has 0 spiro atoms. The number of hydrogen-bond donors (Lipinski definition) is 0. The number of halogens is 3. The van der Waals surface area contributed by atoms with Gasteiger partial charge in [0.1, 0.15) is 13.2 Å². The smallest absolute Gasteiger partial charge is 0.261 e. The molecule has 0 bridgehead atoms. The number of Topliss-reactive ketones (excluding diaryl/α,β-unsaturated/α-hetero) is 1. The first-order chi connectivity index (χ1) is 6.59. The Hall–Kier alpha value is -0.520. The second-order valence-electron chi connectivity index (χ2n) is 2.43. The van der Waals surface area contributed by atoms with E-state index in [9.17, 15) is 13.6 Å². The summed E-state index contributed by atoms with van der Waals surface area (Å²) in [7, 11) is 0. The highest BCUT2D eigenvalue weighted by molar-refractivity contribution is 7.18. The van der Waals surface area contributed by atoms with Crippen LogP contribution in [0.25, 0.3) is 0 Å². The molecule has 6 heteroatoms. The first-order valence-electron chi connectivity index (χ1n) is 3.74. The van der Waals surface area contributed by atoms with Gasteiger partial charge < -0.3 is 4.74 Å². The van der Waals surface area contributed by atoms with E-state index in [0.717, 1.165) is 11.3 Å². The van der Waals surface area contributed by atoms with E-state index >= 15 is 0 Å². The highest BCUT2D eigenvalue weighted by Crippen LogP contribution is 2.21. The van der Waals surface area contributed by atoms with E-state index in [0.29, 0.717) is 9.21 Å². The molecule has 1 aromatic heterocycles. The van der Waals surface area contributed by atoms with Gasteiger partial charge in [0, 0.05) is 0 Å². The molecule has 0 saturated heterocycles. The van der Waals surface area contributed by atoms with Crippen LogP contribution in [0.3, 0.4) is 0 Å². The van der Waals surface area contributed by atoms with Crippen molar-refractivity contribution in [3.8, 4) is 0 Å². The SMILES string of the molecule is O=C(COCC(F)F)c1ccc(Cl)s1. The summed E-state index contributed by atoms with van der Waals surface area (Å²) in [4.78, 5) is 11.6. The fourth-order valence-electron chi connectivity index (χ4n) is 0.776. The van der Waals surface area contributed by atoms with Crippen molar-refractivity contribution in [2.24, 2.45) is 0 Å². The summed E-state index contributed by atoms with van der Waals surface area (Å²) in [5.41, 5.74) is 0. The third kappa shape index (κ3) is 3.69. The Bertz CT molecular complexity index is 314. The maximum absolute atomic E-state index is 11.6. The van der Waals surface area contributed by atoms with Crippen LogP contribution in [0.1, 0.15) is 9.67 Å². The van der Waals surface area contributed by atoms with Crippen molar-refractivity contribution >= 4 is 28.7 Å². The molecular formula is C8H7ClF2O2S. The normalized spacial score (nSPS) is 10.9. The van der Waals surface area contributed by atoms with Gasteiger partial charge in [-0.25, -0.2) is 8.78 Å². The first-order valence-corrected chi connectivity index (χ1v) is 4.93. The van der Waals surface area contributed by atoms with Crippen molar-refractivity contribution in [2.75, 3.05) is 13.2 Å². The summed E-state index contributed by atoms with van der Waals surface area (Å²) >= 11 is 6.70. The van der Waals surface area contributed by atoms with Gasteiger partial charge in [0.25, 0.3) is 6.43 Å². The van der Waals surface area contributed by atoms with Gasteiger partial charge in [-0.15, -0.1) is 11.3 Å². The van der Waals surface area contributed by atoms with Crippen LogP contribution in [0, 0.1) is 0 Å². The zero-order chi connectivity index (χ0) is 10.6. The van der Waals surface area contributed by atoms with E-state index in [1.807, 2.05) is 0 Å². The second-order valence-corrected chi connectivity index (χ2v) is 4.15. The van der Waals surface area contributed by atoms with E-state index in [1.165, 1.54) is 0 Å². The fraction of sp³-hybridized carbons (Fsp3) is 0.375. The molecule has 14 heavy (non-hydrogen) atoms. The van der Waals surface area contributed by atoms with E-state index < -0.39 is 13.0 Å². The Morgan fingerprint density at radius 2 is 2.29 bits per heavy atom. The van der Waals surface area contributed by atoms with Crippen molar-refractivity contribution in [1.82, 2.24) is 0 Å². The maximum Gasteiger partial charge on any atom is 0.261 e. The van der Waals surface area contributed by atoms with Gasteiger partial charge >= 0.3 is 0 Å². The highest BCUT2D eigenvalue weighted by Gasteiger charge is 2.10. The molecule has 2 nitrogen and oxygen atoms in total. The Balaban J connectivity index is 2.36. The Kier molecular flexibility index (Phi) is 4.44. The Morgan fingerprint density at radius 1 is 1.57 bits per heavy atom. The molecule has 78 valence electrons. The second kappa shape index (κ2) is 5.38. The molecule has 0 aliphatic carbocycles. The van der Waals surface area contributed by atoms with Crippen LogP contribution in [0.4, 0.5) is 8.78 Å². The molecule has 0 unspecified atom stereocenters. The molecule has 0 radical (unpaired) electrons. The number of carbonyl (C=O) groups is 1. The Labute approximate surface area is 88.4 Å². The minimum atomic E-state index is -2.55. The van der Waals surface area contributed by atoms with Gasteiger partial charge in [0.05, 0.1) is 9.21 Å². The molecular weight excluding hydrogens is 234 g/mol. The molecule has 1 heterocycles. The van der Waals surface area contributed by atoms with E-state index in [2.05, 4.69) is 4.74 Å². The van der Waals surface area contributed by atoms with Crippen LogP contribution >= 0.6 is 22.9 Å². The predicted molar refractivity (Wildman–Crippen MR) is 50.5 cm³/mol. The van der Waals surface area contributed by atoms with Gasteiger partial charge in [-0.1, -0.05) is 11.6 Å². The van der Waals surface area contributed by atoms with E-state index in [4.69, 9.17) is 11.6 Å². The number of thiophene rings is 1. The molecule has 0 atom stereocenters. The van der Waals surface area contributed by atoms with Crippen LogP contribution in [0.15, 0.2) is 12.1 Å². The number of alkyl halides is 2. The number of hydrogen-bond acceptors (Lipinski definition) is 3. The quantitative estimate of drug-likeness (QED) is 0.740. The van der Waals surface area contributed by atoms with Crippen LogP contribution < -0.4 is 0 Å². The summed E-state index contributed by atoms with van der Waals surface area (Å²) in [5.74, 6) is -0.331. The van der Waals surface area contributed by atoms with Gasteiger partial charge in [0.2, 0.25) is 0 Å². The lowest BCUT2D eigenvalue weighted by Crippen LogP contribution is -2.12. The minimum Gasteiger partial charge on any atom is -0.367 e. The molecule has 1 aromatic rings. The zero-order valence-corrected chi connectivity index (χ0v) is 8.58. The molecule has 0 amide bonds. The lowest BCUT2D eigenvalue weighted by molar-refractivity contribution is 0.0197. The molecule has 0 aliphatic rings. The lowest BCUT2D eigenvalue weighted by Gasteiger charge is -2.00. The highest BCUT2D eigenvalue weighted by atomic mass is 35.5. The third-order valence-electron chi connectivity index (χ3n) is 1.33. The summed E-state index contributed by atoms with van der Waals surface area (Å²) in [6.45, 7) is -1.05. The number of ether oxygens (including phenoxy) is 1. The summed E-state index contributed by atoms with van der Waals surface area (Å²) in [5, 5.41) is 0. The van der Waals surface area contributed by atoms with Crippen molar-refractivity contribution < 1.29 is 18.3 Å². The average Bonchev–Trinajstić information content (AvgIpc) is 2.51. The topological polar surface area (TPSA) is 26.3 Å². The molecule has 0 aromatic carbocycles. The summed E-state index contributed by atoms with van der Waals surface area (Å²) in [6, 6.07) is 3.12. The third-order valence-corrected chi connectivity index (χ3v) is 2.60. The largest absolute Gasteiger partial charge is 0.367 e. The van der Waals surface area contributed by atoms with Gasteiger partial charge in [0.15, 0.2) is 5.78 Å². The van der Waals surface area contributed by atoms with Crippen LogP contribution in [0.2, 0.25) is 4.34 Å². The van der Waals surface area contributed by atoms with E-state index in [1.54, 1.807) is 12.1 Å². The molecule has 0 fully saturated rings. The van der Waals surface area contributed by atoms with Crippen LogP contribution in [-0.4, -0.2) is 25.4 Å². The van der Waals surface area contributed by atoms with Crippen LogP contribution in [0.5, 0.6) is 0 Å². The monoisotopic (exact) mass is 240 g/mol. The van der Waals surface area contributed by atoms with Crippen molar-refractivity contribution in [3.63, 3.8) is 0 Å². The van der Waals surface area contributed by atoms with Crippen LogP contribution in [-0.2, 0) is 4.74 Å². The molecule has 0 N–H and O–H groups in total. The van der Waals surface area contributed by atoms with E-state index in [-0.39, 0.29) is 12.4 Å². The minimum absolute atomic E-state index is 0.331. The molecule has 0 aliphatic heterocycles. The summed E-state index contributed by atoms with van der Waals surface area (Å²) in [6.07, 6.45) is -2.55. The first kappa shape index (κ1) is 11.6. The number of carbonyl (C=O) groups excluding carboxylic acids is 1. The maximum atomic E-state index is 11.6. The fourth-order valence-corrected chi connectivity index (χ4v) is 1.74. The summed E-state index contributed by atoms with van der Waals surface area (Å²) < 4.78 is 28.2. The Morgan fingerprint density at radius 3 is 2.79 bits per heavy atom.